The van der Waals surface area contributed by atoms with Crippen molar-refractivity contribution in [2.24, 2.45) is 0 Å². The molecule has 1 aliphatic rings. The predicted molar refractivity (Wildman–Crippen MR) is 106 cm³/mol. The van der Waals surface area contributed by atoms with Crippen LogP contribution < -0.4 is 22.3 Å². The lowest BCUT2D eigenvalue weighted by molar-refractivity contribution is -0.143. The van der Waals surface area contributed by atoms with Gasteiger partial charge in [0.05, 0.1) is 17.4 Å². The molecule has 3 rings (SSSR count). The smallest absolute Gasteiger partial charge is 0.329 e. The maximum Gasteiger partial charge on any atom is 0.329 e. The van der Waals surface area contributed by atoms with Crippen LogP contribution in [-0.2, 0) is 20.9 Å². The highest BCUT2D eigenvalue weighted by molar-refractivity contribution is 8.01. The molecule has 11 heteroatoms. The lowest BCUT2D eigenvalue weighted by Gasteiger charge is -2.23. The van der Waals surface area contributed by atoms with Crippen LogP contribution in [0.15, 0.2) is 38.8 Å². The van der Waals surface area contributed by atoms with Gasteiger partial charge in [-0.15, -0.1) is 11.8 Å². The topological polar surface area (TPSA) is 153 Å². The Morgan fingerprint density at radius 1 is 1.24 bits per heavy atom. The average Bonchev–Trinajstić information content (AvgIpc) is 2.67. The number of esters is 1. The molecule has 0 spiro atoms. The number of aromatic nitrogens is 2. The number of carbonyl (C=O) groups excluding carboxylic acids is 3. The van der Waals surface area contributed by atoms with Crippen LogP contribution in [0.4, 0.5) is 11.5 Å². The summed E-state index contributed by atoms with van der Waals surface area (Å²) in [5.74, 6) is -2.25. The molecule has 2 heterocycles. The van der Waals surface area contributed by atoms with E-state index in [1.54, 1.807) is 19.1 Å². The summed E-state index contributed by atoms with van der Waals surface area (Å²) in [6.45, 7) is 1.04. The molecule has 1 atom stereocenters. The quantitative estimate of drug-likeness (QED) is 0.449. The van der Waals surface area contributed by atoms with E-state index < -0.39 is 40.4 Å². The Kier molecular flexibility index (Phi) is 5.87. The number of benzene rings is 1. The normalized spacial score (nSPS) is 15.3. The summed E-state index contributed by atoms with van der Waals surface area (Å²) < 4.78 is 5.96. The zero-order valence-electron chi connectivity index (χ0n) is 15.4. The van der Waals surface area contributed by atoms with Crippen LogP contribution in [-0.4, -0.2) is 39.1 Å². The van der Waals surface area contributed by atoms with E-state index in [4.69, 9.17) is 10.5 Å². The zero-order valence-corrected chi connectivity index (χ0v) is 16.2. The van der Waals surface area contributed by atoms with Crippen LogP contribution in [0.1, 0.15) is 23.7 Å². The highest BCUT2D eigenvalue weighted by atomic mass is 32.2. The number of carbonyl (C=O) groups is 3. The van der Waals surface area contributed by atoms with Crippen molar-refractivity contribution in [3.63, 3.8) is 0 Å². The maximum atomic E-state index is 12.3. The van der Waals surface area contributed by atoms with Crippen molar-refractivity contribution in [2.75, 3.05) is 17.7 Å². The molecule has 1 aromatic carbocycles. The standard InChI is InChI=1S/C18H18N4O6S/c1-2-22-15(19)14(17(26)21-18(22)27)10(23)8-28-13(24)7-12-16(25)20-9-5-3-4-6-11(9)29-12/h3-6,12H,2,7-8,19H2,1H3,(H,20,25)(H,21,26,27)/t12-/m1/s1. The third-order valence-corrected chi connectivity index (χ3v) is 5.53. The number of ether oxygens (including phenoxy) is 1. The number of Topliss-reactive ketones (excluding diaryl/α,β-unsaturated/α-hetero) is 1. The minimum atomic E-state index is -0.947. The lowest BCUT2D eigenvalue weighted by atomic mass is 10.2. The number of hydrogen-bond donors (Lipinski definition) is 3. The molecule has 0 saturated carbocycles. The van der Waals surface area contributed by atoms with Gasteiger partial charge in [0, 0.05) is 11.4 Å². The van der Waals surface area contributed by atoms with Crippen LogP contribution in [0.2, 0.25) is 0 Å². The maximum absolute atomic E-state index is 12.3. The molecular weight excluding hydrogens is 400 g/mol. The van der Waals surface area contributed by atoms with Crippen LogP contribution in [0.25, 0.3) is 0 Å². The first-order valence-electron chi connectivity index (χ1n) is 8.69. The van der Waals surface area contributed by atoms with Crippen molar-refractivity contribution >= 4 is 40.9 Å². The van der Waals surface area contributed by atoms with Gasteiger partial charge in [-0.1, -0.05) is 12.1 Å². The van der Waals surface area contributed by atoms with Crippen molar-refractivity contribution in [1.82, 2.24) is 9.55 Å². The fourth-order valence-corrected chi connectivity index (χ4v) is 3.92. The van der Waals surface area contributed by atoms with Gasteiger partial charge in [-0.25, -0.2) is 4.79 Å². The van der Waals surface area contributed by atoms with E-state index in [0.29, 0.717) is 5.69 Å². The fraction of sp³-hybridized carbons (Fsp3) is 0.278. The summed E-state index contributed by atoms with van der Waals surface area (Å²) >= 11 is 1.22. The fourth-order valence-electron chi connectivity index (χ4n) is 2.83. The molecule has 2 aromatic rings. The minimum absolute atomic E-state index is 0.150. The van der Waals surface area contributed by atoms with E-state index in [0.717, 1.165) is 9.46 Å². The van der Waals surface area contributed by atoms with Gasteiger partial charge in [-0.3, -0.25) is 28.7 Å². The summed E-state index contributed by atoms with van der Waals surface area (Å²) in [4.78, 5) is 63.0. The Labute approximate surface area is 168 Å². The molecular formula is C18H18N4O6S. The molecule has 1 amide bonds. The van der Waals surface area contributed by atoms with E-state index in [9.17, 15) is 24.0 Å². The van der Waals surface area contributed by atoms with Crippen LogP contribution in [0.5, 0.6) is 0 Å². The number of ketones is 1. The number of nitrogens with two attached hydrogens (primary N) is 1. The zero-order chi connectivity index (χ0) is 21.1. The summed E-state index contributed by atoms with van der Waals surface area (Å²) in [5.41, 5.74) is 4.28. The predicted octanol–water partition coefficient (Wildman–Crippen LogP) is 0.368. The monoisotopic (exact) mass is 418 g/mol. The van der Waals surface area contributed by atoms with Gasteiger partial charge in [-0.05, 0) is 19.1 Å². The van der Waals surface area contributed by atoms with E-state index >= 15 is 0 Å². The van der Waals surface area contributed by atoms with Gasteiger partial charge in [0.2, 0.25) is 11.7 Å². The average molecular weight is 418 g/mol. The van der Waals surface area contributed by atoms with E-state index in [1.807, 2.05) is 17.1 Å². The molecule has 0 bridgehead atoms. The summed E-state index contributed by atoms with van der Waals surface area (Å²) in [6, 6.07) is 7.17. The number of aromatic amines is 1. The second-order valence-corrected chi connectivity index (χ2v) is 7.39. The number of nitrogens with zero attached hydrogens (tertiary/aromatic N) is 1. The van der Waals surface area contributed by atoms with Gasteiger partial charge < -0.3 is 15.8 Å². The van der Waals surface area contributed by atoms with Crippen LogP contribution in [0.3, 0.4) is 0 Å². The van der Waals surface area contributed by atoms with Crippen molar-refractivity contribution in [3.8, 4) is 0 Å². The van der Waals surface area contributed by atoms with E-state index in [2.05, 4.69) is 5.32 Å². The number of nitrogens with one attached hydrogen (secondary N) is 2. The third-order valence-electron chi connectivity index (χ3n) is 4.26. The number of fused-ring (bicyclic) bond motifs is 1. The summed E-state index contributed by atoms with van der Waals surface area (Å²) in [7, 11) is 0. The van der Waals surface area contributed by atoms with Gasteiger partial charge in [-0.2, -0.15) is 0 Å². The summed E-state index contributed by atoms with van der Waals surface area (Å²) in [6.07, 6.45) is -0.252. The third kappa shape index (κ3) is 4.24. The molecule has 1 aromatic heterocycles. The van der Waals surface area contributed by atoms with Gasteiger partial charge in [0.15, 0.2) is 6.61 Å². The Bertz CT molecular complexity index is 1110. The number of amides is 1. The van der Waals surface area contributed by atoms with Gasteiger partial charge in [0.25, 0.3) is 5.56 Å². The number of H-pyrrole nitrogens is 1. The van der Waals surface area contributed by atoms with Crippen molar-refractivity contribution in [1.29, 1.82) is 0 Å². The SMILES string of the molecule is CCn1c(N)c(C(=O)COC(=O)C[C@H]2Sc3ccccc3NC2=O)c(=O)[nH]c1=O. The number of para-hydroxylation sites is 1. The molecule has 10 nitrogen and oxygen atoms in total. The van der Waals surface area contributed by atoms with Crippen molar-refractivity contribution in [3.05, 3.63) is 50.7 Å². The van der Waals surface area contributed by atoms with E-state index in [1.165, 1.54) is 11.8 Å². The molecule has 0 saturated heterocycles. The first kappa shape index (κ1) is 20.4. The Balaban J connectivity index is 1.65. The molecule has 0 aliphatic carbocycles. The number of anilines is 2. The van der Waals surface area contributed by atoms with Gasteiger partial charge >= 0.3 is 11.7 Å². The second-order valence-electron chi connectivity index (χ2n) is 6.14. The number of nitrogen functional groups attached to an aromatic ring is 1. The Morgan fingerprint density at radius 3 is 2.69 bits per heavy atom. The Hall–Kier alpha value is -3.34. The number of hydrogen-bond acceptors (Lipinski definition) is 8. The lowest BCUT2D eigenvalue weighted by Crippen LogP contribution is -2.37. The van der Waals surface area contributed by atoms with Crippen molar-refractivity contribution < 1.29 is 19.1 Å². The first-order chi connectivity index (χ1) is 13.8. The molecule has 0 unspecified atom stereocenters. The summed E-state index contributed by atoms with van der Waals surface area (Å²) in [5, 5.41) is 2.00. The van der Waals surface area contributed by atoms with E-state index in [-0.39, 0.29) is 24.7 Å². The Morgan fingerprint density at radius 2 is 1.97 bits per heavy atom. The molecule has 0 radical (unpaired) electrons. The largest absolute Gasteiger partial charge is 0.457 e. The highest BCUT2D eigenvalue weighted by Crippen LogP contribution is 2.36. The van der Waals surface area contributed by atoms with Crippen LogP contribution in [0, 0.1) is 0 Å². The molecule has 4 N–H and O–H groups in total. The van der Waals surface area contributed by atoms with Crippen LogP contribution >= 0.6 is 11.8 Å². The first-order valence-corrected chi connectivity index (χ1v) is 9.57. The number of rotatable bonds is 6. The molecule has 1 aliphatic heterocycles. The minimum Gasteiger partial charge on any atom is -0.457 e. The van der Waals surface area contributed by atoms with Crippen molar-refractivity contribution in [2.45, 2.75) is 30.0 Å². The molecule has 152 valence electrons. The second kappa shape index (κ2) is 8.35. The molecule has 29 heavy (non-hydrogen) atoms. The molecule has 0 fully saturated rings. The highest BCUT2D eigenvalue weighted by Gasteiger charge is 2.30. The number of thioether (sulfide) groups is 1. The van der Waals surface area contributed by atoms with Gasteiger partial charge in [0.1, 0.15) is 11.4 Å².